The van der Waals surface area contributed by atoms with Crippen LogP contribution in [0.5, 0.6) is 11.5 Å². The fourth-order valence-electron chi connectivity index (χ4n) is 6.53. The SMILES string of the molecule is C=CC1CCC2CC(C3CCC(COc4ccc(OCC)c(F)c4F)CC3)CCC2C1. The van der Waals surface area contributed by atoms with Crippen LogP contribution in [0.4, 0.5) is 8.78 Å². The third kappa shape index (κ3) is 5.26. The first-order valence-electron chi connectivity index (χ1n) is 12.4. The van der Waals surface area contributed by atoms with Gasteiger partial charge in [-0.2, -0.15) is 8.78 Å². The number of benzene rings is 1. The van der Waals surface area contributed by atoms with E-state index in [1.54, 1.807) is 6.92 Å². The first-order chi connectivity index (χ1) is 15.1. The molecule has 0 spiro atoms. The molecular weight excluding hydrogens is 394 g/mol. The Kier molecular flexibility index (Phi) is 7.55. The fraction of sp³-hybridized carbons (Fsp3) is 0.704. The van der Waals surface area contributed by atoms with Gasteiger partial charge in [-0.3, -0.25) is 0 Å². The lowest BCUT2D eigenvalue weighted by molar-refractivity contribution is 0.0628. The van der Waals surface area contributed by atoms with Gasteiger partial charge in [0.15, 0.2) is 11.5 Å². The lowest BCUT2D eigenvalue weighted by Crippen LogP contribution is -2.34. The van der Waals surface area contributed by atoms with Gasteiger partial charge in [0, 0.05) is 0 Å². The molecule has 0 amide bonds. The lowest BCUT2D eigenvalue weighted by atomic mass is 9.61. The normalized spacial score (nSPS) is 33.4. The second-order valence-electron chi connectivity index (χ2n) is 10.1. The summed E-state index contributed by atoms with van der Waals surface area (Å²) in [5.41, 5.74) is 0. The quantitative estimate of drug-likeness (QED) is 0.414. The van der Waals surface area contributed by atoms with Crippen LogP contribution in [0.25, 0.3) is 0 Å². The second kappa shape index (κ2) is 10.4. The predicted octanol–water partition coefficient (Wildman–Crippen LogP) is 7.57. The fourth-order valence-corrected chi connectivity index (χ4v) is 6.53. The van der Waals surface area contributed by atoms with E-state index in [2.05, 4.69) is 12.7 Å². The summed E-state index contributed by atoms with van der Waals surface area (Å²) in [6.45, 7) is 6.53. The summed E-state index contributed by atoms with van der Waals surface area (Å²) in [6, 6.07) is 2.93. The first kappa shape index (κ1) is 22.6. The molecule has 4 heteroatoms. The average molecular weight is 433 g/mol. The standard InChI is InChI=1S/C27H38F2O2/c1-3-18-5-10-23-16-22(12-11-21(23)15-18)20-8-6-19(7-9-20)17-31-25-14-13-24(30-4-2)26(28)27(25)29/h3,13-14,18-23H,1,4-12,15-17H2,2H3. The third-order valence-electron chi connectivity index (χ3n) is 8.37. The molecule has 0 saturated heterocycles. The minimum atomic E-state index is -0.958. The summed E-state index contributed by atoms with van der Waals surface area (Å²) in [5, 5.41) is 0. The largest absolute Gasteiger partial charge is 0.491 e. The van der Waals surface area contributed by atoms with Crippen molar-refractivity contribution >= 4 is 0 Å². The zero-order chi connectivity index (χ0) is 21.8. The highest BCUT2D eigenvalue weighted by molar-refractivity contribution is 5.35. The highest BCUT2D eigenvalue weighted by Gasteiger charge is 2.38. The zero-order valence-corrected chi connectivity index (χ0v) is 19.0. The van der Waals surface area contributed by atoms with Crippen molar-refractivity contribution in [2.45, 2.75) is 71.1 Å². The van der Waals surface area contributed by atoms with E-state index in [0.29, 0.717) is 19.1 Å². The van der Waals surface area contributed by atoms with E-state index < -0.39 is 11.6 Å². The molecule has 0 bridgehead atoms. The number of hydrogen-bond donors (Lipinski definition) is 0. The molecule has 3 aliphatic carbocycles. The van der Waals surface area contributed by atoms with Crippen molar-refractivity contribution in [1.29, 1.82) is 0 Å². The number of hydrogen-bond acceptors (Lipinski definition) is 2. The molecule has 2 nitrogen and oxygen atoms in total. The molecule has 4 rings (SSSR count). The van der Waals surface area contributed by atoms with Crippen LogP contribution < -0.4 is 9.47 Å². The number of ether oxygens (including phenoxy) is 2. The van der Waals surface area contributed by atoms with Crippen molar-refractivity contribution in [3.63, 3.8) is 0 Å². The van der Waals surface area contributed by atoms with Gasteiger partial charge >= 0.3 is 0 Å². The molecule has 3 fully saturated rings. The summed E-state index contributed by atoms with van der Waals surface area (Å²) < 4.78 is 39.1. The number of fused-ring (bicyclic) bond motifs is 1. The molecule has 0 aliphatic heterocycles. The Morgan fingerprint density at radius 2 is 1.35 bits per heavy atom. The number of rotatable bonds is 7. The minimum absolute atomic E-state index is 0.00322. The molecule has 3 saturated carbocycles. The smallest absolute Gasteiger partial charge is 0.204 e. The second-order valence-corrected chi connectivity index (χ2v) is 10.1. The van der Waals surface area contributed by atoms with Gasteiger partial charge in [-0.1, -0.05) is 6.08 Å². The maximum atomic E-state index is 14.2. The number of allylic oxidation sites excluding steroid dienone is 1. The van der Waals surface area contributed by atoms with Gasteiger partial charge in [-0.15, -0.1) is 6.58 Å². The van der Waals surface area contributed by atoms with Crippen LogP contribution in [-0.4, -0.2) is 13.2 Å². The molecule has 0 heterocycles. The molecule has 3 aliphatic rings. The van der Waals surface area contributed by atoms with Crippen LogP contribution in [-0.2, 0) is 0 Å². The summed E-state index contributed by atoms with van der Waals surface area (Å²) in [5.74, 6) is 2.83. The van der Waals surface area contributed by atoms with Gasteiger partial charge in [-0.05, 0) is 119 Å². The molecule has 0 aromatic heterocycles. The zero-order valence-electron chi connectivity index (χ0n) is 19.0. The van der Waals surface area contributed by atoms with E-state index in [1.807, 2.05) is 0 Å². The molecule has 0 N–H and O–H groups in total. The van der Waals surface area contributed by atoms with E-state index in [0.717, 1.165) is 42.4 Å². The molecule has 1 aromatic rings. The Morgan fingerprint density at radius 1 is 0.806 bits per heavy atom. The summed E-state index contributed by atoms with van der Waals surface area (Å²) in [7, 11) is 0. The Morgan fingerprint density at radius 3 is 2.00 bits per heavy atom. The van der Waals surface area contributed by atoms with Crippen LogP contribution in [0.1, 0.15) is 71.1 Å². The van der Waals surface area contributed by atoms with Gasteiger partial charge in [0.2, 0.25) is 11.6 Å². The van der Waals surface area contributed by atoms with Crippen molar-refractivity contribution < 1.29 is 18.3 Å². The first-order valence-corrected chi connectivity index (χ1v) is 12.4. The average Bonchev–Trinajstić information content (AvgIpc) is 2.81. The molecule has 0 radical (unpaired) electrons. The molecule has 172 valence electrons. The van der Waals surface area contributed by atoms with Gasteiger partial charge in [0.05, 0.1) is 13.2 Å². The van der Waals surface area contributed by atoms with Gasteiger partial charge in [0.25, 0.3) is 0 Å². The van der Waals surface area contributed by atoms with Crippen molar-refractivity contribution in [3.05, 3.63) is 36.4 Å². The number of halogens is 2. The van der Waals surface area contributed by atoms with Crippen LogP contribution >= 0.6 is 0 Å². The van der Waals surface area contributed by atoms with E-state index >= 15 is 0 Å². The Balaban J connectivity index is 1.23. The maximum Gasteiger partial charge on any atom is 0.204 e. The monoisotopic (exact) mass is 432 g/mol. The van der Waals surface area contributed by atoms with E-state index in [4.69, 9.17) is 9.47 Å². The Bertz CT molecular complexity index is 741. The summed E-state index contributed by atoms with van der Waals surface area (Å²) in [6.07, 6.45) is 15.3. The molecule has 4 atom stereocenters. The van der Waals surface area contributed by atoms with Crippen LogP contribution in [0.15, 0.2) is 24.8 Å². The van der Waals surface area contributed by atoms with Crippen molar-refractivity contribution in [1.82, 2.24) is 0 Å². The van der Waals surface area contributed by atoms with Crippen molar-refractivity contribution in [2.24, 2.45) is 35.5 Å². The van der Waals surface area contributed by atoms with Crippen molar-refractivity contribution in [3.8, 4) is 11.5 Å². The molecule has 4 unspecified atom stereocenters. The van der Waals surface area contributed by atoms with E-state index in [9.17, 15) is 8.78 Å². The van der Waals surface area contributed by atoms with E-state index in [-0.39, 0.29) is 11.5 Å². The Labute approximate surface area is 186 Å². The lowest BCUT2D eigenvalue weighted by Gasteiger charge is -2.45. The maximum absolute atomic E-state index is 14.2. The topological polar surface area (TPSA) is 18.5 Å². The Hall–Kier alpha value is -1.58. The molecule has 1 aromatic carbocycles. The third-order valence-corrected chi connectivity index (χ3v) is 8.37. The summed E-state index contributed by atoms with van der Waals surface area (Å²) in [4.78, 5) is 0. The highest BCUT2D eigenvalue weighted by Crippen LogP contribution is 2.49. The van der Waals surface area contributed by atoms with Crippen LogP contribution in [0, 0.1) is 47.1 Å². The van der Waals surface area contributed by atoms with Gasteiger partial charge in [-0.25, -0.2) is 0 Å². The summed E-state index contributed by atoms with van der Waals surface area (Å²) >= 11 is 0. The van der Waals surface area contributed by atoms with E-state index in [1.165, 1.54) is 63.5 Å². The predicted molar refractivity (Wildman–Crippen MR) is 120 cm³/mol. The van der Waals surface area contributed by atoms with Crippen LogP contribution in [0.3, 0.4) is 0 Å². The molecular formula is C27H38F2O2. The van der Waals surface area contributed by atoms with Crippen molar-refractivity contribution in [2.75, 3.05) is 13.2 Å². The molecule has 31 heavy (non-hydrogen) atoms. The van der Waals surface area contributed by atoms with Gasteiger partial charge in [0.1, 0.15) is 0 Å². The minimum Gasteiger partial charge on any atom is -0.491 e. The van der Waals surface area contributed by atoms with Gasteiger partial charge < -0.3 is 9.47 Å². The highest BCUT2D eigenvalue weighted by atomic mass is 19.2. The van der Waals surface area contributed by atoms with Crippen LogP contribution in [0.2, 0.25) is 0 Å².